The molecule has 0 radical (unpaired) electrons. The van der Waals surface area contributed by atoms with Crippen LogP contribution in [-0.4, -0.2) is 34.7 Å². The van der Waals surface area contributed by atoms with Crippen molar-refractivity contribution in [1.82, 2.24) is 5.32 Å². The number of carboxylic acids is 1. The Morgan fingerprint density at radius 2 is 1.90 bits per heavy atom. The summed E-state index contributed by atoms with van der Waals surface area (Å²) in [7, 11) is 0. The van der Waals surface area contributed by atoms with E-state index in [4.69, 9.17) is 10.2 Å². The normalized spacial score (nSPS) is 22.3. The van der Waals surface area contributed by atoms with Crippen LogP contribution < -0.4 is 5.32 Å². The van der Waals surface area contributed by atoms with Crippen LogP contribution in [0.3, 0.4) is 0 Å². The highest BCUT2D eigenvalue weighted by Crippen LogP contribution is 2.40. The number of aliphatic hydroxyl groups is 1. The van der Waals surface area contributed by atoms with Gasteiger partial charge >= 0.3 is 5.97 Å². The molecule has 5 heteroatoms. The Labute approximate surface area is 181 Å². The quantitative estimate of drug-likeness (QED) is 0.541. The van der Waals surface area contributed by atoms with E-state index in [2.05, 4.69) is 51.2 Å². The largest absolute Gasteiger partial charge is 0.480 e. The van der Waals surface area contributed by atoms with Gasteiger partial charge in [-0.05, 0) is 57.4 Å². The Balaban J connectivity index is 0.000000414. The summed E-state index contributed by atoms with van der Waals surface area (Å²) >= 11 is 0. The van der Waals surface area contributed by atoms with Gasteiger partial charge < -0.3 is 15.5 Å². The standard InChI is InChI=1S/C20H30O.C5H7NO3/c1-16(8-6-9-17(2)13-15-21)11-12-19-18(3)10-7-14-20(19,4)5;7-4-2-1-3(6-4)5(8)9/h6,8-9,11-13,21H,7,10,14-15H2,1-5H3;3H,1-2H2,(H,6,7)(H,8,9)/b9-6+,12-11+,16-8+,17-13+;/t;3-/m.0/s1. The predicted octanol–water partition coefficient (Wildman–Crippen LogP) is 4.86. The molecule has 166 valence electrons. The zero-order chi connectivity index (χ0) is 22.7. The second-order valence-corrected chi connectivity index (χ2v) is 8.66. The summed E-state index contributed by atoms with van der Waals surface area (Å²) in [6, 6.07) is -0.641. The fraction of sp³-hybridized carbons (Fsp3) is 0.520. The molecule has 0 saturated carbocycles. The fourth-order valence-electron chi connectivity index (χ4n) is 3.64. The second-order valence-electron chi connectivity index (χ2n) is 8.66. The average Bonchev–Trinajstić information content (AvgIpc) is 3.08. The first kappa shape index (κ1) is 25.6. The molecule has 0 aromatic rings. The summed E-state index contributed by atoms with van der Waals surface area (Å²) in [6.07, 6.45) is 17.1. The van der Waals surface area contributed by atoms with E-state index in [0.29, 0.717) is 18.3 Å². The van der Waals surface area contributed by atoms with Crippen molar-refractivity contribution in [2.24, 2.45) is 5.41 Å². The Morgan fingerprint density at radius 3 is 2.40 bits per heavy atom. The minimum absolute atomic E-state index is 0.0985. The van der Waals surface area contributed by atoms with Crippen molar-refractivity contribution in [3.05, 3.63) is 58.7 Å². The molecule has 1 aliphatic carbocycles. The number of amides is 1. The molecule has 3 N–H and O–H groups in total. The summed E-state index contributed by atoms with van der Waals surface area (Å²) in [6.45, 7) is 11.2. The van der Waals surface area contributed by atoms with Crippen LogP contribution in [0.5, 0.6) is 0 Å². The van der Waals surface area contributed by atoms with Gasteiger partial charge in [-0.3, -0.25) is 4.79 Å². The average molecular weight is 416 g/mol. The molecule has 1 fully saturated rings. The number of carboxylic acid groups (broad SMARTS) is 1. The van der Waals surface area contributed by atoms with E-state index in [9.17, 15) is 9.59 Å². The summed E-state index contributed by atoms with van der Waals surface area (Å²) in [4.78, 5) is 20.5. The molecule has 2 aliphatic rings. The van der Waals surface area contributed by atoms with Gasteiger partial charge in [0.05, 0.1) is 6.61 Å². The van der Waals surface area contributed by atoms with Gasteiger partial charge in [-0.15, -0.1) is 0 Å². The van der Waals surface area contributed by atoms with Crippen LogP contribution in [0.25, 0.3) is 0 Å². The number of carbonyl (C=O) groups excluding carboxylic acids is 1. The van der Waals surface area contributed by atoms with Crippen LogP contribution in [0, 0.1) is 5.41 Å². The van der Waals surface area contributed by atoms with Crippen molar-refractivity contribution in [2.45, 2.75) is 72.8 Å². The third kappa shape index (κ3) is 8.95. The Hall–Kier alpha value is -2.40. The molecule has 0 aromatic carbocycles. The maximum Gasteiger partial charge on any atom is 0.326 e. The van der Waals surface area contributed by atoms with Gasteiger partial charge in [-0.1, -0.05) is 67.0 Å². The molecule has 1 atom stereocenters. The first-order valence-corrected chi connectivity index (χ1v) is 10.6. The number of allylic oxidation sites excluding steroid dienone is 9. The first-order valence-electron chi connectivity index (χ1n) is 10.6. The molecular formula is C25H37NO4. The Bertz CT molecular complexity index is 766. The highest BCUT2D eigenvalue weighted by molar-refractivity contribution is 5.87. The number of hydrogen-bond donors (Lipinski definition) is 3. The molecule has 2 rings (SSSR count). The van der Waals surface area contributed by atoms with E-state index >= 15 is 0 Å². The number of hydrogen-bond acceptors (Lipinski definition) is 3. The highest BCUT2D eigenvalue weighted by Gasteiger charge is 2.27. The molecule has 1 saturated heterocycles. The van der Waals surface area contributed by atoms with Crippen molar-refractivity contribution in [1.29, 1.82) is 0 Å². The topological polar surface area (TPSA) is 86.6 Å². The predicted molar refractivity (Wildman–Crippen MR) is 122 cm³/mol. The van der Waals surface area contributed by atoms with Crippen LogP contribution in [0.1, 0.15) is 66.7 Å². The van der Waals surface area contributed by atoms with Crippen molar-refractivity contribution in [3.8, 4) is 0 Å². The maximum atomic E-state index is 10.4. The summed E-state index contributed by atoms with van der Waals surface area (Å²) in [5.41, 5.74) is 5.66. The highest BCUT2D eigenvalue weighted by atomic mass is 16.4. The number of nitrogens with one attached hydrogen (secondary N) is 1. The SMILES string of the molecule is CC1=C(/C=C/C(C)=C/C=C/C(C)=C/CO)C(C)(C)CCC1.O=C1CC[C@@H](C(=O)O)N1. The van der Waals surface area contributed by atoms with Crippen LogP contribution in [0.15, 0.2) is 58.7 Å². The summed E-state index contributed by atoms with van der Waals surface area (Å²) in [5.74, 6) is -1.11. The molecular weight excluding hydrogens is 378 g/mol. The van der Waals surface area contributed by atoms with Gasteiger partial charge in [-0.25, -0.2) is 4.79 Å². The number of aliphatic carboxylic acids is 1. The summed E-state index contributed by atoms with van der Waals surface area (Å²) < 4.78 is 0. The van der Waals surface area contributed by atoms with Crippen molar-refractivity contribution < 1.29 is 19.8 Å². The van der Waals surface area contributed by atoms with Crippen LogP contribution in [0.2, 0.25) is 0 Å². The van der Waals surface area contributed by atoms with Crippen LogP contribution in [0.4, 0.5) is 0 Å². The lowest BCUT2D eigenvalue weighted by atomic mass is 9.72. The van der Waals surface area contributed by atoms with Crippen molar-refractivity contribution in [2.75, 3.05) is 6.61 Å². The molecule has 0 aromatic heterocycles. The molecule has 0 spiro atoms. The molecule has 5 nitrogen and oxygen atoms in total. The summed E-state index contributed by atoms with van der Waals surface area (Å²) in [5, 5.41) is 19.4. The maximum absolute atomic E-state index is 10.4. The molecule has 1 amide bonds. The van der Waals surface area contributed by atoms with E-state index < -0.39 is 12.0 Å². The number of rotatable bonds is 6. The smallest absolute Gasteiger partial charge is 0.326 e. The first-order chi connectivity index (χ1) is 14.1. The van der Waals surface area contributed by atoms with E-state index in [1.165, 1.54) is 36.0 Å². The second kappa shape index (κ2) is 12.3. The van der Waals surface area contributed by atoms with E-state index in [0.717, 1.165) is 5.57 Å². The zero-order valence-corrected chi connectivity index (χ0v) is 19.0. The van der Waals surface area contributed by atoms with Gasteiger partial charge in [-0.2, -0.15) is 0 Å². The molecule has 0 bridgehead atoms. The zero-order valence-electron chi connectivity index (χ0n) is 19.0. The fourth-order valence-corrected chi connectivity index (χ4v) is 3.64. The third-order valence-electron chi connectivity index (χ3n) is 5.48. The van der Waals surface area contributed by atoms with Crippen molar-refractivity contribution >= 4 is 11.9 Å². The minimum atomic E-state index is -0.944. The van der Waals surface area contributed by atoms with Gasteiger partial charge in [0.15, 0.2) is 0 Å². The van der Waals surface area contributed by atoms with Crippen LogP contribution in [-0.2, 0) is 9.59 Å². The van der Waals surface area contributed by atoms with Crippen molar-refractivity contribution in [3.63, 3.8) is 0 Å². The number of aliphatic hydroxyl groups excluding tert-OH is 1. The Kier molecular flexibility index (Phi) is 10.5. The molecule has 1 heterocycles. The van der Waals surface area contributed by atoms with E-state index in [1.807, 2.05) is 19.1 Å². The van der Waals surface area contributed by atoms with Gasteiger partial charge in [0.25, 0.3) is 0 Å². The lowest BCUT2D eigenvalue weighted by molar-refractivity contribution is -0.140. The molecule has 1 aliphatic heterocycles. The molecule has 0 unspecified atom stereocenters. The monoisotopic (exact) mass is 415 g/mol. The minimum Gasteiger partial charge on any atom is -0.480 e. The third-order valence-corrected chi connectivity index (χ3v) is 5.48. The van der Waals surface area contributed by atoms with E-state index in [1.54, 1.807) is 6.08 Å². The Morgan fingerprint density at radius 1 is 1.20 bits per heavy atom. The van der Waals surface area contributed by atoms with Gasteiger partial charge in [0.2, 0.25) is 5.91 Å². The van der Waals surface area contributed by atoms with Gasteiger partial charge in [0, 0.05) is 6.42 Å². The van der Waals surface area contributed by atoms with E-state index in [-0.39, 0.29) is 12.5 Å². The molecule has 30 heavy (non-hydrogen) atoms. The van der Waals surface area contributed by atoms with Crippen LogP contribution >= 0.6 is 0 Å². The lowest BCUT2D eigenvalue weighted by Crippen LogP contribution is -2.32. The number of carbonyl (C=O) groups is 2. The lowest BCUT2D eigenvalue weighted by Gasteiger charge is -2.32. The van der Waals surface area contributed by atoms with Gasteiger partial charge in [0.1, 0.15) is 6.04 Å².